The highest BCUT2D eigenvalue weighted by molar-refractivity contribution is 5.79. The first-order valence-corrected chi connectivity index (χ1v) is 9.45. The summed E-state index contributed by atoms with van der Waals surface area (Å²) in [5, 5.41) is 6.77. The topological polar surface area (TPSA) is 67.4 Å². The molecule has 1 unspecified atom stereocenters. The predicted molar refractivity (Wildman–Crippen MR) is 102 cm³/mol. The molecule has 7 nitrogen and oxygen atoms in total. The van der Waals surface area contributed by atoms with Gasteiger partial charge in [-0.05, 0) is 30.5 Å². The van der Waals surface area contributed by atoms with Crippen molar-refractivity contribution in [1.82, 2.24) is 15.5 Å². The molecule has 1 atom stereocenters. The number of benzene rings is 1. The maximum absolute atomic E-state index is 5.43. The Hall–Kier alpha value is -1.99. The van der Waals surface area contributed by atoms with Gasteiger partial charge in [-0.3, -0.25) is 4.90 Å². The second-order valence-electron chi connectivity index (χ2n) is 6.78. The molecule has 0 saturated carbocycles. The van der Waals surface area contributed by atoms with Crippen LogP contribution < -0.4 is 20.1 Å². The van der Waals surface area contributed by atoms with Gasteiger partial charge in [0.1, 0.15) is 0 Å². The van der Waals surface area contributed by atoms with E-state index in [0.29, 0.717) is 19.3 Å². The molecule has 1 aromatic carbocycles. The van der Waals surface area contributed by atoms with Crippen molar-refractivity contribution in [2.75, 3.05) is 52.7 Å². The molecule has 26 heavy (non-hydrogen) atoms. The highest BCUT2D eigenvalue weighted by Crippen LogP contribution is 2.32. The fourth-order valence-corrected chi connectivity index (χ4v) is 3.11. The molecular weight excluding hydrogens is 332 g/mol. The highest BCUT2D eigenvalue weighted by Gasteiger charge is 2.15. The van der Waals surface area contributed by atoms with Gasteiger partial charge in [-0.2, -0.15) is 0 Å². The van der Waals surface area contributed by atoms with Crippen LogP contribution in [-0.4, -0.2) is 63.6 Å². The number of nitrogens with one attached hydrogen (secondary N) is 2. The minimum absolute atomic E-state index is 0.299. The summed E-state index contributed by atoms with van der Waals surface area (Å²) in [6, 6.07) is 5.97. The number of guanidine groups is 1. The van der Waals surface area contributed by atoms with Gasteiger partial charge in [0.25, 0.3) is 0 Å². The molecule has 2 N–H and O–H groups in total. The molecule has 0 aromatic heterocycles. The molecule has 0 amide bonds. The Morgan fingerprint density at radius 1 is 1.19 bits per heavy atom. The van der Waals surface area contributed by atoms with E-state index in [-0.39, 0.29) is 0 Å². The van der Waals surface area contributed by atoms with E-state index in [0.717, 1.165) is 69.0 Å². The van der Waals surface area contributed by atoms with Gasteiger partial charge in [-0.15, -0.1) is 0 Å². The summed E-state index contributed by atoms with van der Waals surface area (Å²) in [7, 11) is 0. The van der Waals surface area contributed by atoms with Crippen molar-refractivity contribution >= 4 is 5.96 Å². The van der Waals surface area contributed by atoms with Crippen LogP contribution in [0.25, 0.3) is 0 Å². The van der Waals surface area contributed by atoms with Gasteiger partial charge in [0.2, 0.25) is 6.79 Å². The van der Waals surface area contributed by atoms with Crippen LogP contribution in [0.3, 0.4) is 0 Å². The quantitative estimate of drug-likeness (QED) is 0.565. The lowest BCUT2D eigenvalue weighted by Crippen LogP contribution is -2.44. The Kier molecular flexibility index (Phi) is 6.96. The van der Waals surface area contributed by atoms with Crippen LogP contribution in [0.5, 0.6) is 11.5 Å². The molecule has 2 heterocycles. The minimum atomic E-state index is 0.299. The molecular formula is C19H30N4O3. The molecule has 0 radical (unpaired) electrons. The van der Waals surface area contributed by atoms with Crippen molar-refractivity contribution in [3.63, 3.8) is 0 Å². The molecule has 144 valence electrons. The Labute approximate surface area is 155 Å². The summed E-state index contributed by atoms with van der Waals surface area (Å²) >= 11 is 0. The first kappa shape index (κ1) is 18.8. The summed E-state index contributed by atoms with van der Waals surface area (Å²) in [5.74, 6) is 3.00. The maximum atomic E-state index is 5.43. The van der Waals surface area contributed by atoms with Crippen LogP contribution in [-0.2, 0) is 11.3 Å². The molecule has 0 bridgehead atoms. The van der Waals surface area contributed by atoms with E-state index in [2.05, 4.69) is 29.4 Å². The second-order valence-corrected chi connectivity index (χ2v) is 6.78. The van der Waals surface area contributed by atoms with E-state index >= 15 is 0 Å². The van der Waals surface area contributed by atoms with Gasteiger partial charge in [-0.25, -0.2) is 4.99 Å². The molecule has 3 rings (SSSR count). The Morgan fingerprint density at radius 3 is 2.81 bits per heavy atom. The predicted octanol–water partition coefficient (Wildman–Crippen LogP) is 1.44. The number of morpholine rings is 1. The van der Waals surface area contributed by atoms with Crippen molar-refractivity contribution in [2.45, 2.75) is 20.4 Å². The fraction of sp³-hybridized carbons (Fsp3) is 0.632. The molecule has 1 saturated heterocycles. The first-order chi connectivity index (χ1) is 12.7. The number of hydrogen-bond acceptors (Lipinski definition) is 5. The number of hydrogen-bond donors (Lipinski definition) is 2. The van der Waals surface area contributed by atoms with Gasteiger partial charge in [-0.1, -0.05) is 13.0 Å². The average Bonchev–Trinajstić information content (AvgIpc) is 3.12. The summed E-state index contributed by atoms with van der Waals surface area (Å²) in [6.07, 6.45) is 0. The second kappa shape index (κ2) is 9.64. The number of rotatable bonds is 7. The first-order valence-electron chi connectivity index (χ1n) is 9.45. The fourth-order valence-electron chi connectivity index (χ4n) is 3.11. The third-order valence-electron chi connectivity index (χ3n) is 4.49. The molecule has 2 aliphatic heterocycles. The van der Waals surface area contributed by atoms with E-state index in [9.17, 15) is 0 Å². The SMILES string of the molecule is CCNC(=NCc1ccc2c(c1)OCO2)NCC(C)CN1CCOCC1. The van der Waals surface area contributed by atoms with E-state index in [4.69, 9.17) is 19.2 Å². The lowest BCUT2D eigenvalue weighted by atomic mass is 10.1. The van der Waals surface area contributed by atoms with Gasteiger partial charge >= 0.3 is 0 Å². The molecule has 0 aliphatic carbocycles. The van der Waals surface area contributed by atoms with Crippen LogP contribution in [0.1, 0.15) is 19.4 Å². The largest absolute Gasteiger partial charge is 0.454 e. The van der Waals surface area contributed by atoms with Crippen molar-refractivity contribution in [3.8, 4) is 11.5 Å². The lowest BCUT2D eigenvalue weighted by molar-refractivity contribution is 0.0320. The van der Waals surface area contributed by atoms with Crippen LogP contribution in [0, 0.1) is 5.92 Å². The van der Waals surface area contributed by atoms with Crippen molar-refractivity contribution < 1.29 is 14.2 Å². The number of aliphatic imine (C=N–C) groups is 1. The number of ether oxygens (including phenoxy) is 3. The smallest absolute Gasteiger partial charge is 0.231 e. The Bertz CT molecular complexity index is 602. The Balaban J connectivity index is 1.48. The summed E-state index contributed by atoms with van der Waals surface area (Å²) < 4.78 is 16.2. The number of nitrogens with zero attached hydrogens (tertiary/aromatic N) is 2. The third kappa shape index (κ3) is 5.51. The normalized spacial score (nSPS) is 18.6. The average molecular weight is 362 g/mol. The highest BCUT2D eigenvalue weighted by atomic mass is 16.7. The summed E-state index contributed by atoms with van der Waals surface area (Å²) in [6.45, 7) is 11.8. The van der Waals surface area contributed by atoms with Gasteiger partial charge in [0.05, 0.1) is 19.8 Å². The van der Waals surface area contributed by atoms with E-state index in [1.54, 1.807) is 0 Å². The summed E-state index contributed by atoms with van der Waals surface area (Å²) in [5.41, 5.74) is 1.10. The van der Waals surface area contributed by atoms with Crippen molar-refractivity contribution in [2.24, 2.45) is 10.9 Å². The molecule has 0 spiro atoms. The molecule has 1 fully saturated rings. The zero-order valence-electron chi connectivity index (χ0n) is 15.8. The minimum Gasteiger partial charge on any atom is -0.454 e. The zero-order valence-corrected chi connectivity index (χ0v) is 15.8. The molecule has 7 heteroatoms. The molecule has 1 aromatic rings. The summed E-state index contributed by atoms with van der Waals surface area (Å²) in [4.78, 5) is 7.16. The van der Waals surface area contributed by atoms with Crippen LogP contribution >= 0.6 is 0 Å². The van der Waals surface area contributed by atoms with E-state index in [1.807, 2.05) is 18.2 Å². The van der Waals surface area contributed by atoms with Crippen LogP contribution in [0.4, 0.5) is 0 Å². The maximum Gasteiger partial charge on any atom is 0.231 e. The van der Waals surface area contributed by atoms with Gasteiger partial charge in [0, 0.05) is 32.7 Å². The lowest BCUT2D eigenvalue weighted by Gasteiger charge is -2.29. The zero-order chi connectivity index (χ0) is 18.2. The van der Waals surface area contributed by atoms with Crippen LogP contribution in [0.15, 0.2) is 23.2 Å². The Morgan fingerprint density at radius 2 is 2.00 bits per heavy atom. The third-order valence-corrected chi connectivity index (χ3v) is 4.49. The van der Waals surface area contributed by atoms with Crippen molar-refractivity contribution in [3.05, 3.63) is 23.8 Å². The van der Waals surface area contributed by atoms with Crippen LogP contribution in [0.2, 0.25) is 0 Å². The van der Waals surface area contributed by atoms with Gasteiger partial charge < -0.3 is 24.8 Å². The monoisotopic (exact) mass is 362 g/mol. The van der Waals surface area contributed by atoms with E-state index < -0.39 is 0 Å². The van der Waals surface area contributed by atoms with E-state index in [1.165, 1.54) is 0 Å². The number of fused-ring (bicyclic) bond motifs is 1. The van der Waals surface area contributed by atoms with Crippen molar-refractivity contribution in [1.29, 1.82) is 0 Å². The molecule has 2 aliphatic rings. The standard InChI is InChI=1S/C19H30N4O3/c1-3-20-19(21-11-15(2)13-23-6-8-24-9-7-23)22-12-16-4-5-17-18(10-16)26-14-25-17/h4-5,10,15H,3,6-9,11-14H2,1-2H3,(H2,20,21,22). The van der Waals surface area contributed by atoms with Gasteiger partial charge in [0.15, 0.2) is 17.5 Å².